The Bertz CT molecular complexity index is 4060. The number of oxime groups is 1. The minimum absolute atomic E-state index is 0.0173. The number of aromatic nitrogens is 1. The second kappa shape index (κ2) is 25.1. The number of benzene rings is 8. The van der Waals surface area contributed by atoms with E-state index < -0.39 is 57.0 Å². The molecule has 10 aromatic rings. The van der Waals surface area contributed by atoms with Crippen LogP contribution in [-0.4, -0.2) is 67.6 Å². The molecule has 18 heteroatoms. The van der Waals surface area contributed by atoms with Crippen molar-refractivity contribution >= 4 is 83.9 Å². The van der Waals surface area contributed by atoms with E-state index in [0.717, 1.165) is 21.6 Å². The zero-order valence-corrected chi connectivity index (χ0v) is 49.2. The Labute approximate surface area is 509 Å². The van der Waals surface area contributed by atoms with Gasteiger partial charge >= 0.3 is 5.97 Å². The van der Waals surface area contributed by atoms with Crippen molar-refractivity contribution < 1.29 is 37.3 Å². The summed E-state index contributed by atoms with van der Waals surface area (Å²) in [5.74, 6) is -2.54. The van der Waals surface area contributed by atoms with Gasteiger partial charge in [-0.15, -0.1) is 34.4 Å². The van der Waals surface area contributed by atoms with Gasteiger partial charge in [-0.25, -0.2) is 14.2 Å². The first-order chi connectivity index (χ1) is 42.0. The van der Waals surface area contributed by atoms with E-state index in [1.165, 1.54) is 65.8 Å². The smallest absolute Gasteiger partial charge is 0.355 e. The van der Waals surface area contributed by atoms with Gasteiger partial charge in [0.15, 0.2) is 16.3 Å². The molecule has 2 aliphatic rings. The molecular weight excluding hydrogens is 1160 g/mol. The number of esters is 1. The van der Waals surface area contributed by atoms with E-state index in [9.17, 15) is 23.0 Å². The topological polar surface area (TPSA) is 166 Å². The minimum atomic E-state index is -1.91. The lowest BCUT2D eigenvalue weighted by Gasteiger charge is -2.49. The molecule has 0 saturated carbocycles. The van der Waals surface area contributed by atoms with Gasteiger partial charge in [-0.2, -0.15) is 0 Å². The summed E-state index contributed by atoms with van der Waals surface area (Å²) in [6.45, 7) is -0.176. The predicted octanol–water partition coefficient (Wildman–Crippen LogP) is 12.2. The zero-order chi connectivity index (χ0) is 59.2. The zero-order valence-electron chi connectivity index (χ0n) is 45.9. The number of hydrogen-bond donors (Lipinski definition) is 2. The lowest BCUT2D eigenvalue weighted by molar-refractivity contribution is -0.153. The second-order valence-corrected chi connectivity index (χ2v) is 24.9. The first-order valence-corrected chi connectivity index (χ1v) is 31.3. The molecule has 86 heavy (non-hydrogen) atoms. The van der Waals surface area contributed by atoms with Crippen LogP contribution in [0, 0.1) is 5.82 Å². The number of rotatable bonds is 20. The van der Waals surface area contributed by atoms with E-state index in [1.807, 2.05) is 182 Å². The Kier molecular flexibility index (Phi) is 16.7. The Hall–Kier alpha value is -9.33. The fraction of sp³-hybridized carbons (Fsp3) is 0.118. The maximum Gasteiger partial charge on any atom is 0.355 e. The Morgan fingerprint density at radius 1 is 0.721 bits per heavy atom. The summed E-state index contributed by atoms with van der Waals surface area (Å²) in [6, 6.07) is 69.4. The lowest BCUT2D eigenvalue weighted by atomic mass is 9.77. The van der Waals surface area contributed by atoms with Crippen LogP contribution in [0.1, 0.15) is 44.6 Å². The van der Waals surface area contributed by atoms with Crippen LogP contribution in [0.5, 0.6) is 5.75 Å². The first-order valence-electron chi connectivity index (χ1n) is 27.3. The normalized spacial score (nSPS) is 16.0. The van der Waals surface area contributed by atoms with Crippen molar-refractivity contribution in [1.82, 2.24) is 15.2 Å². The minimum Gasteiger partial charge on any atom is -0.497 e. The summed E-state index contributed by atoms with van der Waals surface area (Å²) < 4.78 is 41.2. The summed E-state index contributed by atoms with van der Waals surface area (Å²) in [4.78, 5) is 71.4. The highest BCUT2D eigenvalue weighted by atomic mass is 32.2. The van der Waals surface area contributed by atoms with Gasteiger partial charge in [-0.3, -0.25) is 23.5 Å². The summed E-state index contributed by atoms with van der Waals surface area (Å²) in [5, 5.41) is 12.7. The van der Waals surface area contributed by atoms with Crippen LogP contribution in [0.3, 0.4) is 0 Å². The highest BCUT2D eigenvalue weighted by molar-refractivity contribution is 8.01. The van der Waals surface area contributed by atoms with E-state index in [-0.39, 0.29) is 40.6 Å². The average Bonchev–Trinajstić information content (AvgIpc) is 1.81. The molecule has 0 bridgehead atoms. The van der Waals surface area contributed by atoms with Crippen molar-refractivity contribution in [1.29, 1.82) is 0 Å². The van der Waals surface area contributed by atoms with Crippen LogP contribution >= 0.6 is 34.4 Å². The van der Waals surface area contributed by atoms with Gasteiger partial charge in [0.25, 0.3) is 11.8 Å². The third-order valence-electron chi connectivity index (χ3n) is 15.0. The number of fused-ring (bicyclic) bond motifs is 2. The average molecular weight is 1210 g/mol. The van der Waals surface area contributed by atoms with Crippen LogP contribution in [0.25, 0.3) is 10.1 Å². The van der Waals surface area contributed by atoms with Gasteiger partial charge in [0, 0.05) is 44.0 Å². The number of ether oxygens (including phenoxy) is 2. The highest BCUT2D eigenvalue weighted by Gasteiger charge is 2.58. The molecule has 2 amide bonds. The number of carbonyl (C=O) groups is 3. The van der Waals surface area contributed by atoms with Gasteiger partial charge in [0.1, 0.15) is 46.5 Å². The number of methoxy groups -OCH3 is 1. The van der Waals surface area contributed by atoms with Crippen molar-refractivity contribution in [3.63, 3.8) is 0 Å². The standard InChI is InChI=1S/C68H52FN5O8S4/c1-80-53-35-32-44(33-36-53)40-81-65(78)61-45(41-83-58-39-56(75)54-37-34-52(69)38-57(54)85-58)43-86(79)64-60(63(77)74(61)64)71-62(76)59(73-82-68(49-26-14-5-15-27-49,50-28-16-6-17-29-50)51-30-18-7-19-31-51)55-42-84-66(70-55)72-67(46-20-8-2-9-21-46,47-22-10-3-11-23-47)48-24-12-4-13-25-48/h2-39,42,60,64H,40-41,43H2,1H3,(H,70,72)(H,71,76)/b73-59-/t60?,64-,86?/m0/s1. The van der Waals surface area contributed by atoms with Gasteiger partial charge in [0.2, 0.25) is 5.60 Å². The number of thiazole rings is 1. The molecule has 1 saturated heterocycles. The van der Waals surface area contributed by atoms with E-state index in [4.69, 9.17) is 24.5 Å². The van der Waals surface area contributed by atoms with E-state index in [0.29, 0.717) is 53.0 Å². The van der Waals surface area contributed by atoms with Crippen LogP contribution in [0.4, 0.5) is 9.52 Å². The number of carbonyl (C=O) groups excluding carboxylic acids is 3. The number of β-lactam (4-membered cyclic amide) rings is 1. The molecule has 0 radical (unpaired) electrons. The molecular formula is C68H52FN5O8S4. The third-order valence-corrected chi connectivity index (χ3v) is 19.8. The van der Waals surface area contributed by atoms with Crippen molar-refractivity contribution in [3.8, 4) is 5.75 Å². The number of hydrogen-bond acceptors (Lipinski definition) is 14. The van der Waals surface area contributed by atoms with Gasteiger partial charge in [0.05, 0.1) is 27.9 Å². The fourth-order valence-electron chi connectivity index (χ4n) is 10.8. The molecule has 1 fully saturated rings. The van der Waals surface area contributed by atoms with Gasteiger partial charge in [-0.1, -0.05) is 199 Å². The van der Waals surface area contributed by atoms with Crippen molar-refractivity contribution in [2.24, 2.45) is 5.16 Å². The number of amides is 2. The number of anilines is 1. The predicted molar refractivity (Wildman–Crippen MR) is 336 cm³/mol. The van der Waals surface area contributed by atoms with E-state index in [2.05, 4.69) is 10.6 Å². The van der Waals surface area contributed by atoms with Crippen molar-refractivity contribution in [2.45, 2.75) is 33.4 Å². The van der Waals surface area contributed by atoms with Crippen LogP contribution in [0.2, 0.25) is 0 Å². The maximum absolute atomic E-state index is 15.5. The van der Waals surface area contributed by atoms with Crippen LogP contribution in [-0.2, 0) is 52.5 Å². The van der Waals surface area contributed by atoms with E-state index >= 15 is 4.79 Å². The summed E-state index contributed by atoms with van der Waals surface area (Å²) in [6.07, 6.45) is 0. The quantitative estimate of drug-likeness (QED) is 0.0186. The number of nitrogens with one attached hydrogen (secondary N) is 2. The Morgan fingerprint density at radius 3 is 1.79 bits per heavy atom. The summed E-state index contributed by atoms with van der Waals surface area (Å²) >= 11 is 3.61. The number of thioether (sulfide) groups is 1. The molecule has 428 valence electrons. The molecule has 2 unspecified atom stereocenters. The fourth-order valence-corrected chi connectivity index (χ4v) is 15.6. The number of nitrogens with zero attached hydrogens (tertiary/aromatic N) is 3. The Morgan fingerprint density at radius 2 is 1.26 bits per heavy atom. The second-order valence-electron chi connectivity index (χ2n) is 20.1. The highest BCUT2D eigenvalue weighted by Crippen LogP contribution is 2.44. The van der Waals surface area contributed by atoms with E-state index in [1.54, 1.807) is 29.6 Å². The van der Waals surface area contributed by atoms with Crippen molar-refractivity contribution in [2.75, 3.05) is 23.9 Å². The summed E-state index contributed by atoms with van der Waals surface area (Å²) in [7, 11) is -0.373. The molecule has 3 atom stereocenters. The SMILES string of the molecule is COc1ccc(COC(=O)C2=C(CSc3cc(=O)c4ccc(F)cc4s3)CS(=O)[C@H]3C(NC(=O)/C(=N\OC(c4ccccc4)(c4ccccc4)c4ccccc4)c4csc(NC(c5ccccc5)(c5ccccc5)c5ccccc5)n4)C(=O)N23)cc1. The molecule has 0 aliphatic carbocycles. The largest absolute Gasteiger partial charge is 0.497 e. The Balaban J connectivity index is 0.929. The molecule has 2 aliphatic heterocycles. The van der Waals surface area contributed by atoms with Crippen LogP contribution < -0.4 is 20.8 Å². The van der Waals surface area contributed by atoms with Crippen LogP contribution in [0.15, 0.2) is 261 Å². The lowest BCUT2D eigenvalue weighted by Crippen LogP contribution is -2.74. The maximum atomic E-state index is 15.5. The molecule has 13 nitrogen and oxygen atoms in total. The molecule has 8 aromatic carbocycles. The monoisotopic (exact) mass is 1210 g/mol. The number of halogens is 1. The van der Waals surface area contributed by atoms with Crippen molar-refractivity contribution in [3.05, 3.63) is 308 Å². The van der Waals surface area contributed by atoms with Gasteiger partial charge in [-0.05, 0) is 58.2 Å². The molecule has 4 heterocycles. The third kappa shape index (κ3) is 11.3. The molecule has 0 spiro atoms. The molecule has 2 aromatic heterocycles. The molecule has 2 N–H and O–H groups in total. The molecule has 12 rings (SSSR count). The van der Waals surface area contributed by atoms with Gasteiger partial charge < -0.3 is 24.9 Å². The first kappa shape index (κ1) is 57.1. The summed E-state index contributed by atoms with van der Waals surface area (Å²) in [5.41, 5.74) is 2.66.